The van der Waals surface area contributed by atoms with Gasteiger partial charge in [-0.1, -0.05) is 55.5 Å². The average Bonchev–Trinajstić information content (AvgIpc) is 3.63. The molecule has 1 fully saturated rings. The second-order valence-corrected chi connectivity index (χ2v) is 9.61. The van der Waals surface area contributed by atoms with Crippen LogP contribution in [0.5, 0.6) is 0 Å². The van der Waals surface area contributed by atoms with Gasteiger partial charge in [-0.05, 0) is 55.5 Å². The molecule has 190 valence electrons. The first-order valence-electron chi connectivity index (χ1n) is 13.0. The van der Waals surface area contributed by atoms with Gasteiger partial charge in [0.05, 0.1) is 17.8 Å². The van der Waals surface area contributed by atoms with Crippen molar-refractivity contribution in [2.24, 2.45) is 5.92 Å². The van der Waals surface area contributed by atoms with Gasteiger partial charge in [-0.15, -0.1) is 0 Å². The highest BCUT2D eigenvalue weighted by atomic mass is 16.2. The molecule has 37 heavy (non-hydrogen) atoms. The second kappa shape index (κ2) is 11.3. The summed E-state index contributed by atoms with van der Waals surface area (Å²) >= 11 is 0. The lowest BCUT2D eigenvalue weighted by atomic mass is 9.95. The standard InChI is InChI=1S/C30H33N5O2/c1-2-25(20-23-12-5-3-6-13-23)32-28(36)24-14-11-19-34(22-24)30(37)27-21-31-35(26-15-7-4-8-16-26)29(27)33-17-9-10-18-33/h3-10,12-13,15-18,21,24-25H,2,11,14,19-20,22H2,1H3,(H,32,36)/t24-,25+/m1/s1. The molecule has 1 aliphatic heterocycles. The van der Waals surface area contributed by atoms with Crippen molar-refractivity contribution in [3.63, 3.8) is 0 Å². The summed E-state index contributed by atoms with van der Waals surface area (Å²) in [5, 5.41) is 7.82. The van der Waals surface area contributed by atoms with Gasteiger partial charge in [-0.25, -0.2) is 4.68 Å². The Morgan fingerprint density at radius 1 is 1.00 bits per heavy atom. The average molecular weight is 496 g/mol. The summed E-state index contributed by atoms with van der Waals surface area (Å²) in [6.45, 7) is 3.14. The maximum absolute atomic E-state index is 13.8. The highest BCUT2D eigenvalue weighted by Gasteiger charge is 2.32. The third kappa shape index (κ3) is 5.50. The number of piperidine rings is 1. The smallest absolute Gasteiger partial charge is 0.259 e. The Morgan fingerprint density at radius 2 is 1.70 bits per heavy atom. The first-order valence-corrected chi connectivity index (χ1v) is 13.0. The Bertz CT molecular complexity index is 1310. The van der Waals surface area contributed by atoms with Crippen molar-refractivity contribution in [3.05, 3.63) is 103 Å². The SMILES string of the molecule is CC[C@@H](Cc1ccccc1)NC(=O)[C@@H]1CCCN(C(=O)c2cnn(-c3ccccc3)c2-n2cccc2)C1. The van der Waals surface area contributed by atoms with E-state index in [1.54, 1.807) is 10.9 Å². The fourth-order valence-electron chi connectivity index (χ4n) is 5.04. The second-order valence-electron chi connectivity index (χ2n) is 9.61. The highest BCUT2D eigenvalue weighted by molar-refractivity contribution is 5.97. The first-order chi connectivity index (χ1) is 18.1. The van der Waals surface area contributed by atoms with Crippen LogP contribution in [0.1, 0.15) is 42.1 Å². The number of carbonyl (C=O) groups is 2. The van der Waals surface area contributed by atoms with Crippen LogP contribution in [0.3, 0.4) is 0 Å². The predicted molar refractivity (Wildman–Crippen MR) is 144 cm³/mol. The van der Waals surface area contributed by atoms with E-state index in [9.17, 15) is 9.59 Å². The molecule has 1 aliphatic rings. The van der Waals surface area contributed by atoms with E-state index in [1.165, 1.54) is 5.56 Å². The molecule has 2 aromatic carbocycles. The van der Waals surface area contributed by atoms with Crippen molar-refractivity contribution >= 4 is 11.8 Å². The number of rotatable bonds is 8. The molecule has 3 heterocycles. The van der Waals surface area contributed by atoms with Gasteiger partial charge in [-0.3, -0.25) is 9.59 Å². The Hall–Kier alpha value is -4.13. The van der Waals surface area contributed by atoms with E-state index in [-0.39, 0.29) is 23.8 Å². The summed E-state index contributed by atoms with van der Waals surface area (Å²) in [5.74, 6) is 0.411. The Kier molecular flexibility index (Phi) is 7.49. The number of nitrogens with one attached hydrogen (secondary N) is 1. The van der Waals surface area contributed by atoms with Gasteiger partial charge in [0.15, 0.2) is 5.82 Å². The topological polar surface area (TPSA) is 72.2 Å². The van der Waals surface area contributed by atoms with Gasteiger partial charge in [0, 0.05) is 31.5 Å². The van der Waals surface area contributed by atoms with Gasteiger partial charge >= 0.3 is 0 Å². The zero-order chi connectivity index (χ0) is 25.6. The van der Waals surface area contributed by atoms with Crippen LogP contribution < -0.4 is 5.32 Å². The van der Waals surface area contributed by atoms with Crippen LogP contribution in [0.2, 0.25) is 0 Å². The van der Waals surface area contributed by atoms with Crippen LogP contribution >= 0.6 is 0 Å². The van der Waals surface area contributed by atoms with Crippen LogP contribution in [-0.4, -0.2) is 50.2 Å². The van der Waals surface area contributed by atoms with Gasteiger partial charge < -0.3 is 14.8 Å². The summed E-state index contributed by atoms with van der Waals surface area (Å²) in [5.41, 5.74) is 2.62. The number of hydrogen-bond donors (Lipinski definition) is 1. The molecular weight excluding hydrogens is 462 g/mol. The zero-order valence-electron chi connectivity index (χ0n) is 21.2. The van der Waals surface area contributed by atoms with E-state index >= 15 is 0 Å². The monoisotopic (exact) mass is 495 g/mol. The zero-order valence-corrected chi connectivity index (χ0v) is 21.2. The molecule has 0 spiro atoms. The van der Waals surface area contributed by atoms with Crippen molar-refractivity contribution in [2.75, 3.05) is 13.1 Å². The molecule has 0 unspecified atom stereocenters. The molecule has 2 atom stereocenters. The van der Waals surface area contributed by atoms with Crippen molar-refractivity contribution in [1.82, 2.24) is 24.6 Å². The van der Waals surface area contributed by atoms with E-state index in [0.717, 1.165) is 31.4 Å². The third-order valence-electron chi connectivity index (χ3n) is 7.07. The van der Waals surface area contributed by atoms with Crippen molar-refractivity contribution in [3.8, 4) is 11.5 Å². The fourth-order valence-corrected chi connectivity index (χ4v) is 5.04. The maximum Gasteiger partial charge on any atom is 0.259 e. The molecule has 7 nitrogen and oxygen atoms in total. The largest absolute Gasteiger partial charge is 0.353 e. The first kappa shape index (κ1) is 24.6. The Labute approximate surface area is 217 Å². The normalized spacial score (nSPS) is 16.4. The number of benzene rings is 2. The maximum atomic E-state index is 13.8. The van der Waals surface area contributed by atoms with Crippen LogP contribution in [0.4, 0.5) is 0 Å². The van der Waals surface area contributed by atoms with Crippen LogP contribution in [0, 0.1) is 5.92 Å². The minimum Gasteiger partial charge on any atom is -0.353 e. The molecule has 2 amide bonds. The number of likely N-dealkylation sites (tertiary alicyclic amines) is 1. The molecule has 2 aromatic heterocycles. The van der Waals surface area contributed by atoms with E-state index in [1.807, 2.05) is 82.5 Å². The van der Waals surface area contributed by atoms with Crippen molar-refractivity contribution in [2.45, 2.75) is 38.6 Å². The number of aromatic nitrogens is 3. The number of nitrogens with zero attached hydrogens (tertiary/aromatic N) is 4. The number of para-hydroxylation sites is 1. The summed E-state index contributed by atoms with van der Waals surface area (Å²) in [7, 11) is 0. The minimum absolute atomic E-state index is 0.0332. The lowest BCUT2D eigenvalue weighted by Crippen LogP contribution is -2.48. The minimum atomic E-state index is -0.221. The van der Waals surface area contributed by atoms with Crippen molar-refractivity contribution < 1.29 is 9.59 Å². The van der Waals surface area contributed by atoms with E-state index < -0.39 is 0 Å². The summed E-state index contributed by atoms with van der Waals surface area (Å²) in [4.78, 5) is 28.8. The van der Waals surface area contributed by atoms with Gasteiger partial charge in [0.25, 0.3) is 5.91 Å². The molecule has 0 radical (unpaired) electrons. The highest BCUT2D eigenvalue weighted by Crippen LogP contribution is 2.24. The summed E-state index contributed by atoms with van der Waals surface area (Å²) < 4.78 is 3.70. The number of carbonyl (C=O) groups excluding carboxylic acids is 2. The third-order valence-corrected chi connectivity index (χ3v) is 7.07. The molecule has 0 saturated carbocycles. The number of amides is 2. The predicted octanol–water partition coefficient (Wildman–Crippen LogP) is 4.65. The Morgan fingerprint density at radius 3 is 2.41 bits per heavy atom. The molecule has 0 bridgehead atoms. The Balaban J connectivity index is 1.32. The number of hydrogen-bond acceptors (Lipinski definition) is 3. The van der Waals surface area contributed by atoms with E-state index in [2.05, 4.69) is 29.5 Å². The quantitative estimate of drug-likeness (QED) is 0.387. The van der Waals surface area contributed by atoms with E-state index in [0.29, 0.717) is 24.5 Å². The fraction of sp³-hybridized carbons (Fsp3) is 0.300. The molecule has 0 aliphatic carbocycles. The molecule has 1 N–H and O–H groups in total. The van der Waals surface area contributed by atoms with Crippen molar-refractivity contribution in [1.29, 1.82) is 0 Å². The van der Waals surface area contributed by atoms with Gasteiger partial charge in [0.2, 0.25) is 5.91 Å². The van der Waals surface area contributed by atoms with Crippen LogP contribution in [-0.2, 0) is 11.2 Å². The van der Waals surface area contributed by atoms with Gasteiger partial charge in [0.1, 0.15) is 5.56 Å². The molecule has 4 aromatic rings. The lowest BCUT2D eigenvalue weighted by Gasteiger charge is -2.33. The van der Waals surface area contributed by atoms with Gasteiger partial charge in [-0.2, -0.15) is 5.10 Å². The summed E-state index contributed by atoms with van der Waals surface area (Å²) in [6.07, 6.45) is 8.71. The molecule has 5 rings (SSSR count). The van der Waals surface area contributed by atoms with Crippen LogP contribution in [0.15, 0.2) is 91.4 Å². The molecular formula is C30H33N5O2. The molecule has 7 heteroatoms. The van der Waals surface area contributed by atoms with Crippen LogP contribution in [0.25, 0.3) is 11.5 Å². The molecule has 1 saturated heterocycles. The summed E-state index contributed by atoms with van der Waals surface area (Å²) in [6, 6.07) is 24.0. The lowest BCUT2D eigenvalue weighted by molar-refractivity contribution is -0.127. The van der Waals surface area contributed by atoms with E-state index in [4.69, 9.17) is 0 Å².